The number of furan rings is 1. The Hall–Kier alpha value is -7.16. The number of hydrogen-bond acceptors (Lipinski definition) is 2. The zero-order valence-corrected chi connectivity index (χ0v) is 31.9. The van der Waals surface area contributed by atoms with E-state index in [4.69, 9.17) is 4.42 Å². The second-order valence-electron chi connectivity index (χ2n) is 15.7. The smallest absolute Gasteiger partial charge is 0.143 e. The van der Waals surface area contributed by atoms with Crippen LogP contribution >= 0.6 is 0 Å². The van der Waals surface area contributed by atoms with Gasteiger partial charge in [0.25, 0.3) is 0 Å². The van der Waals surface area contributed by atoms with E-state index < -0.39 is 0 Å². The van der Waals surface area contributed by atoms with E-state index >= 15 is 0 Å². The lowest BCUT2D eigenvalue weighted by molar-refractivity contribution is 0.636. The third-order valence-corrected chi connectivity index (χ3v) is 12.0. The van der Waals surface area contributed by atoms with Gasteiger partial charge in [0.1, 0.15) is 11.3 Å². The van der Waals surface area contributed by atoms with Crippen molar-refractivity contribution in [1.82, 2.24) is 0 Å². The zero-order chi connectivity index (χ0) is 38.1. The van der Waals surface area contributed by atoms with Crippen molar-refractivity contribution in [3.63, 3.8) is 0 Å². The van der Waals surface area contributed by atoms with Gasteiger partial charge in [0.05, 0.1) is 0 Å². The minimum atomic E-state index is -0.203. The van der Waals surface area contributed by atoms with Gasteiger partial charge in [0.15, 0.2) is 0 Å². The number of hydrogen-bond donors (Lipinski definition) is 0. The van der Waals surface area contributed by atoms with Crippen LogP contribution < -0.4 is 4.90 Å². The predicted molar refractivity (Wildman–Crippen MR) is 240 cm³/mol. The molecule has 0 saturated carbocycles. The van der Waals surface area contributed by atoms with Gasteiger partial charge in [-0.25, -0.2) is 0 Å². The highest BCUT2D eigenvalue weighted by atomic mass is 16.3. The summed E-state index contributed by atoms with van der Waals surface area (Å²) in [6, 6.07) is 72.3. The molecule has 2 nitrogen and oxygen atoms in total. The average Bonchev–Trinajstić information content (AvgIpc) is 3.78. The van der Waals surface area contributed by atoms with Crippen LogP contribution in [0.1, 0.15) is 25.0 Å². The minimum absolute atomic E-state index is 0.203. The highest BCUT2D eigenvalue weighted by Gasteiger charge is 2.36. The number of anilines is 3. The molecule has 0 bridgehead atoms. The van der Waals surface area contributed by atoms with Crippen molar-refractivity contribution in [2.24, 2.45) is 0 Å². The van der Waals surface area contributed by atoms with Crippen molar-refractivity contribution < 1.29 is 4.42 Å². The fourth-order valence-corrected chi connectivity index (χ4v) is 9.28. The lowest BCUT2D eigenvalue weighted by Crippen LogP contribution is -2.16. The van der Waals surface area contributed by atoms with E-state index in [1.54, 1.807) is 0 Å². The molecule has 1 heterocycles. The van der Waals surface area contributed by atoms with E-state index in [2.05, 4.69) is 219 Å². The fraction of sp³-hybridized carbons (Fsp3) is 0.0545. The highest BCUT2D eigenvalue weighted by Crippen LogP contribution is 2.52. The quantitative estimate of drug-likeness (QED) is 0.158. The van der Waals surface area contributed by atoms with Gasteiger partial charge in [-0.05, 0) is 104 Å². The topological polar surface area (TPSA) is 16.4 Å². The first-order valence-corrected chi connectivity index (χ1v) is 19.8. The first kappa shape index (κ1) is 33.2. The molecule has 0 saturated heterocycles. The van der Waals surface area contributed by atoms with Crippen LogP contribution in [0.5, 0.6) is 0 Å². The number of nitrogens with zero attached hydrogens (tertiary/aromatic N) is 1. The Morgan fingerprint density at radius 2 is 0.895 bits per heavy atom. The molecule has 0 spiro atoms. The molecule has 1 aliphatic rings. The summed E-state index contributed by atoms with van der Waals surface area (Å²) >= 11 is 0. The number of benzene rings is 9. The van der Waals surface area contributed by atoms with Crippen molar-refractivity contribution in [3.05, 3.63) is 211 Å². The van der Waals surface area contributed by atoms with E-state index in [0.29, 0.717) is 0 Å². The van der Waals surface area contributed by atoms with Crippen LogP contribution in [0.4, 0.5) is 17.1 Å². The van der Waals surface area contributed by atoms with Crippen molar-refractivity contribution in [2.45, 2.75) is 19.3 Å². The van der Waals surface area contributed by atoms with E-state index in [-0.39, 0.29) is 5.41 Å². The van der Waals surface area contributed by atoms with Crippen molar-refractivity contribution in [2.75, 3.05) is 4.90 Å². The van der Waals surface area contributed by atoms with E-state index in [1.165, 1.54) is 49.5 Å². The molecule has 11 rings (SSSR count). The molecule has 0 unspecified atom stereocenters. The van der Waals surface area contributed by atoms with E-state index in [0.717, 1.165) is 55.9 Å². The summed E-state index contributed by atoms with van der Waals surface area (Å²) in [4.78, 5) is 2.35. The summed E-state index contributed by atoms with van der Waals surface area (Å²) in [6.45, 7) is 4.75. The standard InChI is InChI=1S/C55H39NO/c1-55(2)49-34-39(28-31-45(49)46-32-29-42(35-50(46)55)56(40-21-11-5-12-22-40)41-23-13-6-14-24-41)38-27-30-44-43-25-15-16-26-47(43)54-52(48(44)33-38)51(36-17-7-3-8-18-36)53(57-54)37-19-9-4-10-20-37/h3-35H,1-2H3. The second-order valence-corrected chi connectivity index (χ2v) is 15.7. The Kier molecular flexibility index (Phi) is 7.55. The Labute approximate surface area is 332 Å². The van der Waals surface area contributed by atoms with Gasteiger partial charge < -0.3 is 9.32 Å². The molecular formula is C55H39NO. The number of fused-ring (bicyclic) bond motifs is 9. The average molecular weight is 730 g/mol. The minimum Gasteiger partial charge on any atom is -0.455 e. The molecule has 270 valence electrons. The third kappa shape index (κ3) is 5.25. The maximum atomic E-state index is 7.01. The monoisotopic (exact) mass is 729 g/mol. The predicted octanol–water partition coefficient (Wildman–Crippen LogP) is 15.5. The summed E-state index contributed by atoms with van der Waals surface area (Å²) in [6.07, 6.45) is 0. The maximum absolute atomic E-state index is 7.01. The lowest BCUT2D eigenvalue weighted by Gasteiger charge is -2.28. The second kappa shape index (κ2) is 13.0. The van der Waals surface area contributed by atoms with Gasteiger partial charge in [0, 0.05) is 44.4 Å². The molecule has 57 heavy (non-hydrogen) atoms. The highest BCUT2D eigenvalue weighted by molar-refractivity contribution is 6.29. The molecule has 0 N–H and O–H groups in total. The van der Waals surface area contributed by atoms with Gasteiger partial charge in [-0.1, -0.05) is 166 Å². The van der Waals surface area contributed by atoms with E-state index in [1.807, 2.05) is 0 Å². The largest absolute Gasteiger partial charge is 0.455 e. The van der Waals surface area contributed by atoms with Crippen LogP contribution in [-0.2, 0) is 5.41 Å². The molecule has 0 aliphatic heterocycles. The lowest BCUT2D eigenvalue weighted by atomic mass is 9.81. The van der Waals surface area contributed by atoms with Crippen LogP contribution in [0.2, 0.25) is 0 Å². The molecule has 10 aromatic rings. The molecular weight excluding hydrogens is 691 g/mol. The maximum Gasteiger partial charge on any atom is 0.143 e. The summed E-state index contributed by atoms with van der Waals surface area (Å²) in [7, 11) is 0. The van der Waals surface area contributed by atoms with Gasteiger partial charge >= 0.3 is 0 Å². The third-order valence-electron chi connectivity index (χ3n) is 12.0. The molecule has 0 amide bonds. The Bertz CT molecular complexity index is 3090. The van der Waals surface area contributed by atoms with E-state index in [9.17, 15) is 0 Å². The summed E-state index contributed by atoms with van der Waals surface area (Å²) in [5, 5.41) is 5.89. The van der Waals surface area contributed by atoms with Crippen molar-refractivity contribution in [3.8, 4) is 44.7 Å². The molecule has 1 aliphatic carbocycles. The van der Waals surface area contributed by atoms with Crippen LogP contribution in [0, 0.1) is 0 Å². The van der Waals surface area contributed by atoms with Crippen LogP contribution in [0.25, 0.3) is 77.2 Å². The fourth-order valence-electron chi connectivity index (χ4n) is 9.28. The Morgan fingerprint density at radius 1 is 0.386 bits per heavy atom. The molecule has 2 heteroatoms. The SMILES string of the molecule is CC1(C)c2cc(-c3ccc4c5ccccc5c5oc(-c6ccccc6)c(-c6ccccc6)c5c4c3)ccc2-c2ccc(N(c3ccccc3)c3ccccc3)cc21. The van der Waals surface area contributed by atoms with Gasteiger partial charge in [-0.2, -0.15) is 0 Å². The summed E-state index contributed by atoms with van der Waals surface area (Å²) < 4.78 is 7.01. The zero-order valence-electron chi connectivity index (χ0n) is 31.9. The van der Waals surface area contributed by atoms with Crippen molar-refractivity contribution >= 4 is 49.6 Å². The first-order valence-electron chi connectivity index (χ1n) is 19.8. The first-order chi connectivity index (χ1) is 28.0. The normalized spacial score (nSPS) is 12.9. The molecule has 1 aromatic heterocycles. The number of para-hydroxylation sites is 2. The van der Waals surface area contributed by atoms with Gasteiger partial charge in [-0.3, -0.25) is 0 Å². The van der Waals surface area contributed by atoms with Crippen LogP contribution in [-0.4, -0.2) is 0 Å². The van der Waals surface area contributed by atoms with Crippen LogP contribution in [0.3, 0.4) is 0 Å². The number of rotatable bonds is 6. The molecule has 0 fully saturated rings. The summed E-state index contributed by atoms with van der Waals surface area (Å²) in [5.41, 5.74) is 15.2. The Balaban J connectivity index is 1.08. The molecule has 0 atom stereocenters. The van der Waals surface area contributed by atoms with Gasteiger partial charge in [-0.15, -0.1) is 0 Å². The van der Waals surface area contributed by atoms with Gasteiger partial charge in [0.2, 0.25) is 0 Å². The van der Waals surface area contributed by atoms with Crippen molar-refractivity contribution in [1.29, 1.82) is 0 Å². The molecule has 9 aromatic carbocycles. The summed E-state index contributed by atoms with van der Waals surface area (Å²) in [5.74, 6) is 0.898. The van der Waals surface area contributed by atoms with Crippen LogP contribution in [0.15, 0.2) is 205 Å². The Morgan fingerprint density at radius 3 is 1.56 bits per heavy atom. The molecule has 0 radical (unpaired) electrons.